The summed E-state index contributed by atoms with van der Waals surface area (Å²) < 4.78 is 17.1. The van der Waals surface area contributed by atoms with Gasteiger partial charge in [0.05, 0.1) is 0 Å². The van der Waals surface area contributed by atoms with Crippen LogP contribution in [-0.2, 0) is 6.42 Å². The van der Waals surface area contributed by atoms with Crippen molar-refractivity contribution >= 4 is 23.1 Å². The molecule has 0 saturated heterocycles. The largest absolute Gasteiger partial charge is 0.386 e. The Kier molecular flexibility index (Phi) is 3.48. The van der Waals surface area contributed by atoms with Crippen molar-refractivity contribution < 1.29 is 9.50 Å². The summed E-state index contributed by atoms with van der Waals surface area (Å²) >= 11 is 6.78. The van der Waals surface area contributed by atoms with Crippen molar-refractivity contribution in [3.8, 4) is 0 Å². The quantitative estimate of drug-likeness (QED) is 0.921. The molecular weight excluding hydrogens is 251 g/mol. The maximum Gasteiger partial charge on any atom is 0.127 e. The summed E-state index contributed by atoms with van der Waals surface area (Å²) in [5, 5.41) is 15.5. The number of aliphatic hydroxyl groups excluding tert-OH is 1. The lowest BCUT2D eigenvalue weighted by Gasteiger charge is -2.08. The number of hydrogen-bond acceptors (Lipinski definition) is 4. The van der Waals surface area contributed by atoms with E-state index < -0.39 is 11.9 Å². The molecule has 16 heavy (non-hydrogen) atoms. The average molecular weight is 259 g/mol. The molecule has 0 aliphatic rings. The van der Waals surface area contributed by atoms with Gasteiger partial charge < -0.3 is 5.11 Å². The number of hydrogen-bond donors (Lipinski definition) is 1. The molecule has 84 valence electrons. The lowest BCUT2D eigenvalue weighted by atomic mass is 10.1. The first-order chi connectivity index (χ1) is 7.66. The van der Waals surface area contributed by atoms with Crippen LogP contribution in [-0.4, -0.2) is 14.7 Å². The topological polar surface area (TPSA) is 46.0 Å². The van der Waals surface area contributed by atoms with Crippen molar-refractivity contribution in [1.29, 1.82) is 0 Å². The first-order valence-corrected chi connectivity index (χ1v) is 5.77. The van der Waals surface area contributed by atoms with Crippen LogP contribution in [0.1, 0.15) is 17.4 Å². The van der Waals surface area contributed by atoms with E-state index in [2.05, 4.69) is 9.59 Å². The van der Waals surface area contributed by atoms with Crippen LogP contribution in [0.4, 0.5) is 4.39 Å². The van der Waals surface area contributed by atoms with E-state index in [1.807, 2.05) is 0 Å². The highest BCUT2D eigenvalue weighted by Gasteiger charge is 2.14. The maximum absolute atomic E-state index is 13.4. The van der Waals surface area contributed by atoms with Gasteiger partial charge in [-0.1, -0.05) is 22.2 Å². The smallest absolute Gasteiger partial charge is 0.127 e. The Morgan fingerprint density at radius 1 is 1.50 bits per heavy atom. The van der Waals surface area contributed by atoms with Crippen LogP contribution in [0.5, 0.6) is 0 Å². The second-order valence-electron chi connectivity index (χ2n) is 3.29. The summed E-state index contributed by atoms with van der Waals surface area (Å²) in [5.74, 6) is -0.422. The number of nitrogens with zero attached hydrogens (tertiary/aromatic N) is 2. The van der Waals surface area contributed by atoms with Crippen LogP contribution in [0.3, 0.4) is 0 Å². The second kappa shape index (κ2) is 4.86. The summed E-state index contributed by atoms with van der Waals surface area (Å²) in [4.78, 5) is 0. The van der Waals surface area contributed by atoms with Gasteiger partial charge in [0.1, 0.15) is 17.6 Å². The van der Waals surface area contributed by atoms with E-state index in [1.165, 1.54) is 6.07 Å². The summed E-state index contributed by atoms with van der Waals surface area (Å²) in [6.07, 6.45) is -0.677. The second-order valence-corrected chi connectivity index (χ2v) is 4.33. The summed E-state index contributed by atoms with van der Waals surface area (Å²) in [6, 6.07) is 4.37. The van der Waals surface area contributed by atoms with Crippen LogP contribution >= 0.6 is 23.1 Å². The van der Waals surface area contributed by atoms with E-state index in [-0.39, 0.29) is 6.42 Å². The third-order valence-electron chi connectivity index (χ3n) is 2.15. The molecule has 0 amide bonds. The number of halogens is 2. The summed E-state index contributed by atoms with van der Waals surface area (Å²) in [7, 11) is 0. The number of aliphatic hydroxyl groups is 1. The van der Waals surface area contributed by atoms with Crippen LogP contribution < -0.4 is 0 Å². The lowest BCUT2D eigenvalue weighted by molar-refractivity contribution is 0.172. The Hall–Kier alpha value is -1.04. The SMILES string of the molecule is OC(Cc1ccc(Cl)cc1F)c1csnn1. The van der Waals surface area contributed by atoms with Crippen LogP contribution in [0.25, 0.3) is 0 Å². The van der Waals surface area contributed by atoms with Crippen molar-refractivity contribution in [2.24, 2.45) is 0 Å². The third kappa shape index (κ3) is 2.55. The Labute approximate surface area is 101 Å². The highest BCUT2D eigenvalue weighted by molar-refractivity contribution is 7.03. The molecular formula is C10H8ClFN2OS. The lowest BCUT2D eigenvalue weighted by Crippen LogP contribution is -2.04. The molecule has 1 N–H and O–H groups in total. The minimum atomic E-state index is -0.838. The molecule has 1 heterocycles. The molecule has 3 nitrogen and oxygen atoms in total. The molecule has 0 fully saturated rings. The molecule has 0 saturated carbocycles. The fraction of sp³-hybridized carbons (Fsp3) is 0.200. The molecule has 1 aromatic carbocycles. The summed E-state index contributed by atoms with van der Waals surface area (Å²) in [5.41, 5.74) is 0.865. The Bertz CT molecular complexity index is 478. The third-order valence-corrected chi connectivity index (χ3v) is 2.90. The Morgan fingerprint density at radius 2 is 2.31 bits per heavy atom. The molecule has 1 atom stereocenters. The van der Waals surface area contributed by atoms with Crippen molar-refractivity contribution in [1.82, 2.24) is 9.59 Å². The van der Waals surface area contributed by atoms with Crippen molar-refractivity contribution in [3.05, 3.63) is 45.7 Å². The highest BCUT2D eigenvalue weighted by atomic mass is 35.5. The standard InChI is InChI=1S/C10H8ClFN2OS/c11-7-2-1-6(8(12)4-7)3-10(15)9-5-16-14-13-9/h1-2,4-5,10,15H,3H2. The highest BCUT2D eigenvalue weighted by Crippen LogP contribution is 2.21. The molecule has 1 unspecified atom stereocenters. The molecule has 0 bridgehead atoms. The van der Waals surface area contributed by atoms with Crippen LogP contribution in [0, 0.1) is 5.82 Å². The first kappa shape index (κ1) is 11.4. The van der Waals surface area contributed by atoms with E-state index in [0.29, 0.717) is 16.3 Å². The normalized spacial score (nSPS) is 12.7. The van der Waals surface area contributed by atoms with E-state index in [4.69, 9.17) is 11.6 Å². The van der Waals surface area contributed by atoms with E-state index in [0.717, 1.165) is 11.5 Å². The zero-order chi connectivity index (χ0) is 11.5. The van der Waals surface area contributed by atoms with Crippen molar-refractivity contribution in [2.75, 3.05) is 0 Å². The van der Waals surface area contributed by atoms with Gasteiger partial charge in [-0.2, -0.15) is 0 Å². The van der Waals surface area contributed by atoms with Gasteiger partial charge in [0.2, 0.25) is 0 Å². The van der Waals surface area contributed by atoms with Gasteiger partial charge in [0.15, 0.2) is 0 Å². The van der Waals surface area contributed by atoms with Gasteiger partial charge in [-0.05, 0) is 29.2 Å². The monoisotopic (exact) mass is 258 g/mol. The maximum atomic E-state index is 13.4. The van der Waals surface area contributed by atoms with Crippen molar-refractivity contribution in [2.45, 2.75) is 12.5 Å². The van der Waals surface area contributed by atoms with E-state index >= 15 is 0 Å². The molecule has 0 radical (unpaired) electrons. The van der Waals surface area contributed by atoms with Gasteiger partial charge >= 0.3 is 0 Å². The zero-order valence-corrected chi connectivity index (χ0v) is 9.67. The number of rotatable bonds is 3. The predicted molar refractivity (Wildman–Crippen MR) is 60.0 cm³/mol. The molecule has 2 aromatic rings. The number of benzene rings is 1. The van der Waals surface area contributed by atoms with E-state index in [1.54, 1.807) is 17.5 Å². The van der Waals surface area contributed by atoms with Gasteiger partial charge in [-0.25, -0.2) is 4.39 Å². The number of aromatic nitrogens is 2. The molecule has 6 heteroatoms. The fourth-order valence-electron chi connectivity index (χ4n) is 1.32. The Balaban J connectivity index is 2.15. The zero-order valence-electron chi connectivity index (χ0n) is 8.10. The molecule has 2 rings (SSSR count). The van der Waals surface area contributed by atoms with Crippen molar-refractivity contribution in [3.63, 3.8) is 0 Å². The predicted octanol–water partition coefficient (Wildman–Crippen LogP) is 2.61. The molecule has 1 aromatic heterocycles. The fourth-order valence-corrected chi connectivity index (χ4v) is 1.98. The van der Waals surface area contributed by atoms with E-state index in [9.17, 15) is 9.50 Å². The van der Waals surface area contributed by atoms with Gasteiger partial charge in [-0.15, -0.1) is 5.10 Å². The minimum absolute atomic E-state index is 0.161. The van der Waals surface area contributed by atoms with Crippen LogP contribution in [0.15, 0.2) is 23.6 Å². The summed E-state index contributed by atoms with van der Waals surface area (Å²) in [6.45, 7) is 0. The molecule has 0 aliphatic heterocycles. The average Bonchev–Trinajstić information content (AvgIpc) is 2.75. The van der Waals surface area contributed by atoms with Gasteiger partial charge in [0, 0.05) is 16.8 Å². The molecule has 0 aliphatic carbocycles. The Morgan fingerprint density at radius 3 is 2.94 bits per heavy atom. The van der Waals surface area contributed by atoms with Crippen LogP contribution in [0.2, 0.25) is 5.02 Å². The first-order valence-electron chi connectivity index (χ1n) is 4.56. The minimum Gasteiger partial charge on any atom is -0.386 e. The van der Waals surface area contributed by atoms with Gasteiger partial charge in [0.25, 0.3) is 0 Å². The van der Waals surface area contributed by atoms with Gasteiger partial charge in [-0.3, -0.25) is 0 Å². The molecule has 0 spiro atoms.